The van der Waals surface area contributed by atoms with Crippen molar-refractivity contribution in [2.24, 2.45) is 16.6 Å². The first-order valence-corrected chi connectivity index (χ1v) is 8.93. The zero-order chi connectivity index (χ0) is 21.1. The number of amides is 1. The highest BCUT2D eigenvalue weighted by Gasteiger charge is 2.31. The summed E-state index contributed by atoms with van der Waals surface area (Å²) in [6.45, 7) is 2.05. The minimum atomic E-state index is -1.54. The van der Waals surface area contributed by atoms with Crippen LogP contribution in [0, 0.1) is 35.7 Å². The summed E-state index contributed by atoms with van der Waals surface area (Å²) in [7, 11) is 0. The third kappa shape index (κ3) is 4.41. The summed E-state index contributed by atoms with van der Waals surface area (Å²) in [5, 5.41) is 15.6. The molecule has 1 aliphatic heterocycles. The van der Waals surface area contributed by atoms with E-state index in [0.717, 1.165) is 17.7 Å². The third-order valence-electron chi connectivity index (χ3n) is 4.76. The average Bonchev–Trinajstić information content (AvgIpc) is 2.67. The fourth-order valence-corrected chi connectivity index (χ4v) is 3.25. The van der Waals surface area contributed by atoms with Gasteiger partial charge in [-0.1, -0.05) is 0 Å². The molecule has 2 heterocycles. The molecule has 2 aromatic rings. The van der Waals surface area contributed by atoms with E-state index in [0.29, 0.717) is 18.4 Å². The predicted octanol–water partition coefficient (Wildman–Crippen LogP) is 2.32. The number of benzene rings is 1. The molecule has 1 saturated heterocycles. The third-order valence-corrected chi connectivity index (χ3v) is 4.76. The molecule has 3 N–H and O–H groups in total. The van der Waals surface area contributed by atoms with Crippen LogP contribution in [0.25, 0.3) is 0 Å². The molecule has 0 bridgehead atoms. The van der Waals surface area contributed by atoms with E-state index in [4.69, 9.17) is 11.1 Å². The summed E-state index contributed by atoms with van der Waals surface area (Å²) in [6.07, 6.45) is 4.01. The summed E-state index contributed by atoms with van der Waals surface area (Å²) >= 11 is 0. The van der Waals surface area contributed by atoms with Gasteiger partial charge in [-0.25, -0.2) is 13.2 Å². The molecule has 3 rings (SSSR count). The fraction of sp³-hybridized carbons (Fsp3) is 0.316. The molecule has 0 spiro atoms. The number of guanidine groups is 1. The molecule has 0 radical (unpaired) electrons. The SMILES string of the molecule is Cc1cnncc1C(N)=NC(=N)N1CCCC(Cc2cc(F)c(F)c(F)c2)C1=O. The number of hydrogen-bond acceptors (Lipinski definition) is 4. The number of amidine groups is 1. The Labute approximate surface area is 165 Å². The fourth-order valence-electron chi connectivity index (χ4n) is 3.25. The van der Waals surface area contributed by atoms with E-state index >= 15 is 0 Å². The number of nitrogens with zero attached hydrogens (tertiary/aromatic N) is 4. The summed E-state index contributed by atoms with van der Waals surface area (Å²) in [6, 6.07) is 1.76. The second-order valence-electron chi connectivity index (χ2n) is 6.81. The Morgan fingerprint density at radius 3 is 2.59 bits per heavy atom. The van der Waals surface area contributed by atoms with Crippen LogP contribution in [0.5, 0.6) is 0 Å². The van der Waals surface area contributed by atoms with Crippen LogP contribution in [-0.2, 0) is 11.2 Å². The van der Waals surface area contributed by atoms with E-state index in [1.165, 1.54) is 17.3 Å². The van der Waals surface area contributed by atoms with Crippen molar-refractivity contribution in [3.05, 3.63) is 58.7 Å². The van der Waals surface area contributed by atoms with E-state index in [-0.39, 0.29) is 30.3 Å². The van der Waals surface area contributed by atoms with Crippen molar-refractivity contribution in [2.45, 2.75) is 26.2 Å². The largest absolute Gasteiger partial charge is 0.383 e. The topological polar surface area (TPSA) is 108 Å². The molecular formula is C19H19F3N6O. The van der Waals surface area contributed by atoms with E-state index < -0.39 is 29.3 Å². The van der Waals surface area contributed by atoms with Crippen molar-refractivity contribution in [2.75, 3.05) is 6.54 Å². The van der Waals surface area contributed by atoms with Crippen LogP contribution in [0.1, 0.15) is 29.5 Å². The first kappa shape index (κ1) is 20.4. The van der Waals surface area contributed by atoms with Gasteiger partial charge < -0.3 is 5.73 Å². The molecule has 0 saturated carbocycles. The van der Waals surface area contributed by atoms with Crippen LogP contribution < -0.4 is 5.73 Å². The van der Waals surface area contributed by atoms with E-state index in [1.54, 1.807) is 6.92 Å². The molecule has 1 aromatic heterocycles. The first-order valence-electron chi connectivity index (χ1n) is 8.93. The molecule has 1 atom stereocenters. The maximum Gasteiger partial charge on any atom is 0.232 e. The molecule has 1 aromatic carbocycles. The van der Waals surface area contributed by atoms with Crippen LogP contribution >= 0.6 is 0 Å². The van der Waals surface area contributed by atoms with E-state index in [1.807, 2.05) is 0 Å². The highest BCUT2D eigenvalue weighted by molar-refractivity contribution is 6.08. The van der Waals surface area contributed by atoms with Crippen molar-refractivity contribution in [1.29, 1.82) is 5.41 Å². The maximum atomic E-state index is 13.4. The number of hydrogen-bond donors (Lipinski definition) is 2. The van der Waals surface area contributed by atoms with Crippen LogP contribution in [0.15, 0.2) is 29.5 Å². The van der Waals surface area contributed by atoms with Crippen LogP contribution in [0.3, 0.4) is 0 Å². The number of likely N-dealkylation sites (tertiary alicyclic amines) is 1. The molecule has 29 heavy (non-hydrogen) atoms. The Hall–Kier alpha value is -3.30. The Kier molecular flexibility index (Phi) is 5.90. The molecule has 1 amide bonds. The Morgan fingerprint density at radius 1 is 1.28 bits per heavy atom. The second-order valence-corrected chi connectivity index (χ2v) is 6.81. The summed E-state index contributed by atoms with van der Waals surface area (Å²) in [4.78, 5) is 18.0. The zero-order valence-corrected chi connectivity index (χ0v) is 15.6. The number of aryl methyl sites for hydroxylation is 1. The molecule has 10 heteroatoms. The predicted molar refractivity (Wildman–Crippen MR) is 99.7 cm³/mol. The van der Waals surface area contributed by atoms with Gasteiger partial charge in [-0.3, -0.25) is 15.1 Å². The maximum absolute atomic E-state index is 13.4. The number of halogens is 3. The van der Waals surface area contributed by atoms with Gasteiger partial charge in [0.1, 0.15) is 5.84 Å². The van der Waals surface area contributed by atoms with Gasteiger partial charge in [0.15, 0.2) is 17.5 Å². The van der Waals surface area contributed by atoms with Gasteiger partial charge >= 0.3 is 0 Å². The summed E-state index contributed by atoms with van der Waals surface area (Å²) in [5.74, 6) is -5.44. The van der Waals surface area contributed by atoms with Gasteiger partial charge in [0.25, 0.3) is 0 Å². The Morgan fingerprint density at radius 2 is 1.93 bits per heavy atom. The van der Waals surface area contributed by atoms with Crippen molar-refractivity contribution >= 4 is 17.7 Å². The number of aliphatic imine (C=N–C) groups is 1. The summed E-state index contributed by atoms with van der Waals surface area (Å²) in [5.41, 5.74) is 7.34. The normalized spacial score (nSPS) is 17.5. The minimum Gasteiger partial charge on any atom is -0.383 e. The van der Waals surface area contributed by atoms with E-state index in [9.17, 15) is 18.0 Å². The lowest BCUT2D eigenvalue weighted by Crippen LogP contribution is -2.45. The Bertz CT molecular complexity index is 971. The number of rotatable bonds is 3. The van der Waals surface area contributed by atoms with Crippen LogP contribution in [-0.4, -0.2) is 39.3 Å². The smallest absolute Gasteiger partial charge is 0.232 e. The monoisotopic (exact) mass is 404 g/mol. The Balaban J connectivity index is 1.76. The number of nitrogens with two attached hydrogens (primary N) is 1. The van der Waals surface area contributed by atoms with Gasteiger partial charge in [0, 0.05) is 18.0 Å². The van der Waals surface area contributed by atoms with Gasteiger partial charge in [-0.05, 0) is 49.4 Å². The van der Waals surface area contributed by atoms with Gasteiger partial charge in [-0.15, -0.1) is 0 Å². The minimum absolute atomic E-state index is 0.0278. The standard InChI is InChI=1S/C19H19F3N6O/c1-10-8-25-26-9-13(10)17(23)27-19(24)28-4-2-3-12(18(28)29)5-11-6-14(20)16(22)15(21)7-11/h6-9,12H,2-5H2,1H3,(H3,23,24,27). The van der Waals surface area contributed by atoms with E-state index in [2.05, 4.69) is 15.2 Å². The van der Waals surface area contributed by atoms with Gasteiger partial charge in [-0.2, -0.15) is 15.2 Å². The molecule has 152 valence electrons. The number of nitrogens with one attached hydrogen (secondary N) is 1. The highest BCUT2D eigenvalue weighted by Crippen LogP contribution is 2.24. The average molecular weight is 404 g/mol. The number of piperidine rings is 1. The van der Waals surface area contributed by atoms with Crippen molar-refractivity contribution in [3.8, 4) is 0 Å². The van der Waals surface area contributed by atoms with Crippen LogP contribution in [0.2, 0.25) is 0 Å². The first-order chi connectivity index (χ1) is 13.8. The second kappa shape index (κ2) is 8.38. The lowest BCUT2D eigenvalue weighted by molar-refractivity contribution is -0.134. The molecule has 1 unspecified atom stereocenters. The lowest BCUT2D eigenvalue weighted by Gasteiger charge is -2.31. The van der Waals surface area contributed by atoms with Crippen LogP contribution in [0.4, 0.5) is 13.2 Å². The number of carbonyl (C=O) groups excluding carboxylic acids is 1. The lowest BCUT2D eigenvalue weighted by atomic mass is 9.90. The van der Waals surface area contributed by atoms with Crippen molar-refractivity contribution in [1.82, 2.24) is 15.1 Å². The molecule has 1 aliphatic rings. The van der Waals surface area contributed by atoms with Gasteiger partial charge in [0.2, 0.25) is 11.9 Å². The number of carbonyl (C=O) groups is 1. The molecular weight excluding hydrogens is 385 g/mol. The van der Waals surface area contributed by atoms with Gasteiger partial charge in [0.05, 0.1) is 12.4 Å². The molecule has 7 nitrogen and oxygen atoms in total. The quantitative estimate of drug-likeness (QED) is 0.465. The molecule has 0 aliphatic carbocycles. The van der Waals surface area contributed by atoms with Crippen molar-refractivity contribution < 1.29 is 18.0 Å². The van der Waals surface area contributed by atoms with Crippen molar-refractivity contribution in [3.63, 3.8) is 0 Å². The number of aromatic nitrogens is 2. The highest BCUT2D eigenvalue weighted by atomic mass is 19.2. The molecule has 1 fully saturated rings. The summed E-state index contributed by atoms with van der Waals surface area (Å²) < 4.78 is 40.0. The zero-order valence-electron chi connectivity index (χ0n) is 15.6.